The molecule has 0 aromatic carbocycles. The summed E-state index contributed by atoms with van der Waals surface area (Å²) in [7, 11) is 9.91. The molecule has 6 N–H and O–H groups in total. The van der Waals surface area contributed by atoms with Gasteiger partial charge in [0, 0.05) is 62.8 Å². The Balaban J connectivity index is 4.31. The second-order valence-corrected chi connectivity index (χ2v) is 28.0. The average molecular weight is 1290 g/mol. The number of carbonyl (C=O) groups excluding carboxylic acids is 12. The highest BCUT2D eigenvalue weighted by molar-refractivity contribution is 5.99. The van der Waals surface area contributed by atoms with Crippen LogP contribution in [0, 0.1) is 41.4 Å². The van der Waals surface area contributed by atoms with Crippen molar-refractivity contribution in [1.29, 1.82) is 0 Å². The van der Waals surface area contributed by atoms with Crippen LogP contribution in [0.4, 0.5) is 0 Å². The molecule has 12 atom stereocenters. The number of likely N-dealkylation sites (N-methyl/N-ethyl adjacent to an activating group) is 7. The molecule has 0 bridgehead atoms. The van der Waals surface area contributed by atoms with E-state index in [0.29, 0.717) is 19.4 Å². The number of amides is 12. The first-order valence-corrected chi connectivity index (χ1v) is 33.1. The first-order valence-electron chi connectivity index (χ1n) is 33.1. The van der Waals surface area contributed by atoms with Crippen LogP contribution in [-0.2, 0) is 57.5 Å². The average Bonchev–Trinajstić information content (AvgIpc) is 0.858. The zero-order chi connectivity index (χ0) is 70.4. The Morgan fingerprint density at radius 1 is 0.473 bits per heavy atom. The number of carbonyl (C=O) groups is 12. The predicted molar refractivity (Wildman–Crippen MR) is 351 cm³/mol. The highest BCUT2D eigenvalue weighted by Gasteiger charge is 2.46. The second-order valence-electron chi connectivity index (χ2n) is 28.0. The van der Waals surface area contributed by atoms with Gasteiger partial charge in [-0.05, 0) is 100 Å². The van der Waals surface area contributed by atoms with Gasteiger partial charge in [0.15, 0.2) is 0 Å². The van der Waals surface area contributed by atoms with Gasteiger partial charge in [0.2, 0.25) is 70.9 Å². The van der Waals surface area contributed by atoms with Crippen molar-refractivity contribution in [2.24, 2.45) is 41.4 Å². The van der Waals surface area contributed by atoms with E-state index in [9.17, 15) is 43.5 Å². The number of hydrogen-bond acceptors (Lipinski definition) is 13. The molecule has 1 aliphatic rings. The molecule has 0 radical (unpaired) electrons. The fourth-order valence-electron chi connectivity index (χ4n) is 11.6. The largest absolute Gasteiger partial charge is 0.390 e. The first kappa shape index (κ1) is 82.6. The van der Waals surface area contributed by atoms with E-state index in [1.54, 1.807) is 41.5 Å². The van der Waals surface area contributed by atoms with E-state index >= 15 is 19.2 Å². The molecule has 25 heteroatoms. The Hall–Kier alpha value is -6.40. The molecule has 1 saturated heterocycles. The molecule has 0 aromatic heterocycles. The lowest BCUT2D eigenvalue weighted by Crippen LogP contribution is -2.63. The molecule has 0 unspecified atom stereocenters. The third-order valence-electron chi connectivity index (χ3n) is 17.3. The Morgan fingerprint density at radius 2 is 0.901 bits per heavy atom. The smallest absolute Gasteiger partial charge is 0.246 e. The van der Waals surface area contributed by atoms with Crippen LogP contribution in [0.5, 0.6) is 0 Å². The molecule has 522 valence electrons. The highest BCUT2D eigenvalue weighted by atomic mass is 16.3. The molecule has 91 heavy (non-hydrogen) atoms. The van der Waals surface area contributed by atoms with Crippen molar-refractivity contribution in [3.8, 4) is 0 Å². The first-order chi connectivity index (χ1) is 42.1. The van der Waals surface area contributed by atoms with Crippen molar-refractivity contribution in [2.75, 3.05) is 62.4 Å². The summed E-state index contributed by atoms with van der Waals surface area (Å²) < 4.78 is 0. The van der Waals surface area contributed by atoms with Gasteiger partial charge in [-0.25, -0.2) is 0 Å². The van der Waals surface area contributed by atoms with E-state index in [2.05, 4.69) is 26.6 Å². The predicted octanol–water partition coefficient (Wildman–Crippen LogP) is 3.39. The van der Waals surface area contributed by atoms with Gasteiger partial charge in [-0.2, -0.15) is 0 Å². The van der Waals surface area contributed by atoms with Crippen molar-refractivity contribution >= 4 is 70.9 Å². The van der Waals surface area contributed by atoms with Crippen LogP contribution in [0.25, 0.3) is 0 Å². The van der Waals surface area contributed by atoms with E-state index in [1.165, 1.54) is 94.6 Å². The SMILES string of the molecule is CC[C@@H]1NC(=O)[C@H]([C@H](O)[C@H](C)CCCCCCNC(C)=O)N(C)C(=O)[C@H](C(C)C)N(C)C(=O)[C@H](CC(C)C)N(C)C(=O)[C@H](CC(C)C)N(C)C(=O)[C@@H](C)NC(=O)[C@H](C)NC(=O)[C@H](CC(C)C)N(C)C(=O)[C@H](C(C)C)NC(=O)[C@H](CC(C)C)N(C)C(=O)CN(C)C1=O. The fraction of sp³-hybridized carbons (Fsp3) is 0.818. The van der Waals surface area contributed by atoms with Crippen molar-refractivity contribution in [2.45, 2.75) is 248 Å². The highest BCUT2D eigenvalue weighted by Crippen LogP contribution is 2.26. The molecule has 1 aliphatic heterocycles. The summed E-state index contributed by atoms with van der Waals surface area (Å²) >= 11 is 0. The third kappa shape index (κ3) is 24.9. The third-order valence-corrected chi connectivity index (χ3v) is 17.3. The van der Waals surface area contributed by atoms with E-state index in [1.807, 2.05) is 55.4 Å². The fourth-order valence-corrected chi connectivity index (χ4v) is 11.6. The van der Waals surface area contributed by atoms with Crippen LogP contribution in [0.1, 0.15) is 182 Å². The van der Waals surface area contributed by atoms with Gasteiger partial charge >= 0.3 is 0 Å². The minimum absolute atomic E-state index is 0.00890. The van der Waals surface area contributed by atoms with Crippen LogP contribution in [-0.4, -0.2) is 239 Å². The van der Waals surface area contributed by atoms with Crippen LogP contribution in [0.15, 0.2) is 0 Å². The normalized spacial score (nSPS) is 25.7. The Kier molecular flexibility index (Phi) is 35.0. The van der Waals surface area contributed by atoms with Crippen LogP contribution in [0.2, 0.25) is 0 Å². The minimum Gasteiger partial charge on any atom is -0.390 e. The maximum absolute atomic E-state index is 15.3. The molecule has 0 aromatic rings. The molecule has 1 fully saturated rings. The molecule has 12 amide bonds. The van der Waals surface area contributed by atoms with Crippen LogP contribution >= 0.6 is 0 Å². The van der Waals surface area contributed by atoms with Gasteiger partial charge in [0.25, 0.3) is 0 Å². The maximum Gasteiger partial charge on any atom is 0.246 e. The Morgan fingerprint density at radius 3 is 1.37 bits per heavy atom. The summed E-state index contributed by atoms with van der Waals surface area (Å²) in [5, 5.41) is 26.1. The number of hydrogen-bond donors (Lipinski definition) is 6. The molecule has 0 spiro atoms. The maximum atomic E-state index is 15.3. The van der Waals surface area contributed by atoms with Crippen molar-refractivity contribution in [3.05, 3.63) is 0 Å². The summed E-state index contributed by atoms with van der Waals surface area (Å²) in [5.41, 5.74) is 0. The number of unbranched alkanes of at least 4 members (excludes halogenated alkanes) is 3. The molecule has 25 nitrogen and oxygen atoms in total. The summed E-state index contributed by atoms with van der Waals surface area (Å²) in [6.45, 7) is 29.5. The van der Waals surface area contributed by atoms with E-state index in [4.69, 9.17) is 0 Å². The monoisotopic (exact) mass is 1290 g/mol. The summed E-state index contributed by atoms with van der Waals surface area (Å²) in [6, 6.07) is -12.5. The lowest BCUT2D eigenvalue weighted by Gasteiger charge is -2.41. The van der Waals surface area contributed by atoms with E-state index in [-0.39, 0.29) is 61.7 Å². The van der Waals surface area contributed by atoms with Gasteiger partial charge in [-0.15, -0.1) is 0 Å². The zero-order valence-corrected chi connectivity index (χ0v) is 59.9. The summed E-state index contributed by atoms with van der Waals surface area (Å²) in [6.07, 6.45) is 2.39. The number of aliphatic hydroxyl groups excluding tert-OH is 1. The van der Waals surface area contributed by atoms with Crippen LogP contribution in [0.3, 0.4) is 0 Å². The standard InChI is InChI=1S/C66H120N12O13/c1-25-47-62(87)72(18)36-52(80)73(19)48(32-37(2)3)59(84)71-53(41(10)11)65(90)74(20)49(33-38(4)5)58(83)68-44(15)57(82)69-45(16)61(86)75(21)50(34-39(6)7)63(88)76(22)51(35-40(8)9)64(89)77(23)54(42(12)13)66(91)78(24)55(60(85)70-47)56(81)43(14)30-28-26-27-29-31-67-46(17)79/h37-45,47-51,53-56,81H,25-36H2,1-24H3,(H,67,79)(H,68,83)(H,69,82)(H,70,85)(H,71,84)/t43-,44+,45-,47+,48+,49+,50+,51+,53+,54+,55+,56-/m1/s1. The van der Waals surface area contributed by atoms with E-state index in [0.717, 1.165) is 29.1 Å². The number of rotatable bonds is 20. The molecule has 1 rings (SSSR count). The number of nitrogens with one attached hydrogen (secondary N) is 5. The molecule has 0 saturated carbocycles. The topological polar surface area (TPSA) is 308 Å². The lowest BCUT2D eigenvalue weighted by atomic mass is 9.90. The van der Waals surface area contributed by atoms with Gasteiger partial charge in [-0.1, -0.05) is 116 Å². The van der Waals surface area contributed by atoms with Gasteiger partial charge in [0.1, 0.15) is 60.4 Å². The van der Waals surface area contributed by atoms with Crippen molar-refractivity contribution in [3.63, 3.8) is 0 Å². The lowest BCUT2D eigenvalue weighted by molar-refractivity contribution is -0.157. The second kappa shape index (κ2) is 38.6. The van der Waals surface area contributed by atoms with Crippen molar-refractivity contribution < 1.29 is 62.6 Å². The Labute approximate surface area is 544 Å². The number of nitrogens with zero attached hydrogens (tertiary/aromatic N) is 7. The summed E-state index contributed by atoms with van der Waals surface area (Å²) in [5.74, 6) is -9.97. The summed E-state index contributed by atoms with van der Waals surface area (Å²) in [4.78, 5) is 181. The molecule has 0 aliphatic carbocycles. The molecule has 1 heterocycles. The Bertz CT molecular complexity index is 2460. The molecular weight excluding hydrogens is 1170 g/mol. The van der Waals surface area contributed by atoms with Crippen LogP contribution < -0.4 is 26.6 Å². The zero-order valence-electron chi connectivity index (χ0n) is 59.9. The quantitative estimate of drug-likeness (QED) is 0.0954. The van der Waals surface area contributed by atoms with Crippen molar-refractivity contribution in [1.82, 2.24) is 60.9 Å². The van der Waals surface area contributed by atoms with Gasteiger partial charge in [-0.3, -0.25) is 57.5 Å². The van der Waals surface area contributed by atoms with Gasteiger partial charge < -0.3 is 66.0 Å². The molecular formula is C66H120N12O13. The van der Waals surface area contributed by atoms with E-state index < -0.39 is 156 Å². The number of aliphatic hydroxyl groups is 1. The minimum atomic E-state index is -1.63. The van der Waals surface area contributed by atoms with Gasteiger partial charge in [0.05, 0.1) is 12.6 Å².